The first-order valence-electron chi connectivity index (χ1n) is 4.99. The first kappa shape index (κ1) is 13.6. The van der Waals surface area contributed by atoms with Crippen LogP contribution in [0, 0.1) is 0 Å². The third kappa shape index (κ3) is 5.85. The molecule has 0 bridgehead atoms. The van der Waals surface area contributed by atoms with E-state index in [9.17, 15) is 4.79 Å². The van der Waals surface area contributed by atoms with Crippen LogP contribution in [0.3, 0.4) is 0 Å². The minimum Gasteiger partial charge on any atom is -0.378 e. The number of aromatic nitrogens is 2. The van der Waals surface area contributed by atoms with E-state index in [0.29, 0.717) is 13.2 Å². The molecule has 0 atom stereocenters. The third-order valence-electron chi connectivity index (χ3n) is 1.50. The highest BCUT2D eigenvalue weighted by Crippen LogP contribution is 1.99. The van der Waals surface area contributed by atoms with Crippen molar-refractivity contribution in [1.82, 2.24) is 15.5 Å². The Bertz CT molecular complexity index is 284. The molecule has 0 aliphatic heterocycles. The van der Waals surface area contributed by atoms with E-state index in [4.69, 9.17) is 4.74 Å². The second-order valence-corrected chi connectivity index (χ2v) is 2.73. The summed E-state index contributed by atoms with van der Waals surface area (Å²) in [5.41, 5.74) is 1.71. The Balaban J connectivity index is 0.000000921. The Morgan fingerprint density at radius 1 is 1.60 bits per heavy atom. The number of carbonyl (C=O) groups excluding carboxylic acids is 1. The molecule has 5 nitrogen and oxygen atoms in total. The van der Waals surface area contributed by atoms with Crippen LogP contribution in [-0.2, 0) is 22.7 Å². The van der Waals surface area contributed by atoms with Gasteiger partial charge in [-0.1, -0.05) is 13.8 Å². The smallest absolute Gasteiger partial charge is 0.217 e. The molecule has 0 radical (unpaired) electrons. The van der Waals surface area contributed by atoms with E-state index in [0.717, 1.165) is 11.4 Å². The number of H-pyrrole nitrogens is 1. The Morgan fingerprint density at radius 3 is 2.80 bits per heavy atom. The highest BCUT2D eigenvalue weighted by Gasteiger charge is 2.00. The molecule has 5 heteroatoms. The van der Waals surface area contributed by atoms with Crippen molar-refractivity contribution in [2.24, 2.45) is 0 Å². The maximum atomic E-state index is 10.6. The summed E-state index contributed by atoms with van der Waals surface area (Å²) in [4.78, 5) is 10.6. The minimum atomic E-state index is -0.0529. The predicted molar refractivity (Wildman–Crippen MR) is 58.2 cm³/mol. The van der Waals surface area contributed by atoms with Gasteiger partial charge in [-0.2, -0.15) is 5.10 Å². The van der Waals surface area contributed by atoms with Crippen LogP contribution < -0.4 is 5.32 Å². The molecular formula is C10H19N3O2. The lowest BCUT2D eigenvalue weighted by molar-refractivity contribution is -0.119. The summed E-state index contributed by atoms with van der Waals surface area (Å²) in [5.74, 6) is -0.0529. The highest BCUT2D eigenvalue weighted by atomic mass is 16.5. The van der Waals surface area contributed by atoms with Gasteiger partial charge in [0.2, 0.25) is 5.91 Å². The van der Waals surface area contributed by atoms with Crippen molar-refractivity contribution in [3.63, 3.8) is 0 Å². The number of hydrogen-bond donors (Lipinski definition) is 2. The largest absolute Gasteiger partial charge is 0.378 e. The van der Waals surface area contributed by atoms with Gasteiger partial charge in [0.25, 0.3) is 0 Å². The first-order valence-corrected chi connectivity index (χ1v) is 4.99. The molecule has 0 saturated carbocycles. The summed E-state index contributed by atoms with van der Waals surface area (Å²) in [6, 6.07) is 1.86. The minimum absolute atomic E-state index is 0.0529. The maximum absolute atomic E-state index is 10.6. The molecule has 1 aromatic rings. The van der Waals surface area contributed by atoms with E-state index in [1.165, 1.54) is 6.92 Å². The highest BCUT2D eigenvalue weighted by molar-refractivity contribution is 5.72. The molecule has 0 aromatic carbocycles. The Hall–Kier alpha value is -1.36. The molecule has 1 rings (SSSR count). The van der Waals surface area contributed by atoms with E-state index in [-0.39, 0.29) is 5.91 Å². The van der Waals surface area contributed by atoms with E-state index in [2.05, 4.69) is 15.5 Å². The van der Waals surface area contributed by atoms with Crippen molar-refractivity contribution in [2.45, 2.75) is 33.9 Å². The van der Waals surface area contributed by atoms with Crippen molar-refractivity contribution < 1.29 is 9.53 Å². The normalized spacial score (nSPS) is 9.07. The number of methoxy groups -OCH3 is 1. The molecular weight excluding hydrogens is 194 g/mol. The fourth-order valence-electron chi connectivity index (χ4n) is 0.941. The van der Waals surface area contributed by atoms with Crippen molar-refractivity contribution >= 4 is 5.91 Å². The molecule has 1 amide bonds. The van der Waals surface area contributed by atoms with Gasteiger partial charge in [-0.3, -0.25) is 9.89 Å². The number of hydrogen-bond acceptors (Lipinski definition) is 3. The quantitative estimate of drug-likeness (QED) is 0.790. The van der Waals surface area contributed by atoms with Gasteiger partial charge in [0, 0.05) is 14.0 Å². The Labute approximate surface area is 90.2 Å². The van der Waals surface area contributed by atoms with E-state index in [1.807, 2.05) is 19.9 Å². The summed E-state index contributed by atoms with van der Waals surface area (Å²) in [5, 5.41) is 9.45. The van der Waals surface area contributed by atoms with Gasteiger partial charge in [0.1, 0.15) is 0 Å². The number of ether oxygens (including phenoxy) is 1. The van der Waals surface area contributed by atoms with Crippen molar-refractivity contribution in [2.75, 3.05) is 7.11 Å². The fourth-order valence-corrected chi connectivity index (χ4v) is 0.941. The summed E-state index contributed by atoms with van der Waals surface area (Å²) < 4.78 is 4.90. The van der Waals surface area contributed by atoms with Gasteiger partial charge in [-0.25, -0.2) is 0 Å². The molecule has 0 spiro atoms. The lowest BCUT2D eigenvalue weighted by Crippen LogP contribution is -2.19. The standard InChI is InChI=1S/C8H13N3O2.C2H6/c1-6(12)9-4-7-3-8(5-13-2)11-10-7;1-2/h3H,4-5H2,1-2H3,(H,9,12)(H,10,11);1-2H3. The Kier molecular flexibility index (Phi) is 7.27. The van der Waals surface area contributed by atoms with E-state index < -0.39 is 0 Å². The van der Waals surface area contributed by atoms with E-state index >= 15 is 0 Å². The summed E-state index contributed by atoms with van der Waals surface area (Å²) in [6.07, 6.45) is 0. The van der Waals surface area contributed by atoms with E-state index in [1.54, 1.807) is 7.11 Å². The summed E-state index contributed by atoms with van der Waals surface area (Å²) in [6.45, 7) is 6.44. The molecule has 0 saturated heterocycles. The van der Waals surface area contributed by atoms with Gasteiger partial charge < -0.3 is 10.1 Å². The monoisotopic (exact) mass is 213 g/mol. The molecule has 0 aliphatic carbocycles. The second-order valence-electron chi connectivity index (χ2n) is 2.73. The van der Waals surface area contributed by atoms with Gasteiger partial charge in [-0.05, 0) is 6.07 Å². The third-order valence-corrected chi connectivity index (χ3v) is 1.50. The second kappa shape index (κ2) is 7.99. The topological polar surface area (TPSA) is 67.0 Å². The molecule has 0 unspecified atom stereocenters. The van der Waals surface area contributed by atoms with Crippen LogP contribution in [0.4, 0.5) is 0 Å². The number of nitrogens with one attached hydrogen (secondary N) is 2. The van der Waals surface area contributed by atoms with Crippen LogP contribution in [0.25, 0.3) is 0 Å². The molecule has 1 heterocycles. The summed E-state index contributed by atoms with van der Waals surface area (Å²) >= 11 is 0. The van der Waals surface area contributed by atoms with Crippen LogP contribution in [0.5, 0.6) is 0 Å². The lowest BCUT2D eigenvalue weighted by Gasteiger charge is -1.96. The predicted octanol–water partition coefficient (Wildman–Crippen LogP) is 1.22. The molecule has 1 aromatic heterocycles. The first-order chi connectivity index (χ1) is 7.22. The van der Waals surface area contributed by atoms with Gasteiger partial charge >= 0.3 is 0 Å². The number of aromatic amines is 1. The van der Waals surface area contributed by atoms with Crippen LogP contribution in [-0.4, -0.2) is 23.2 Å². The van der Waals surface area contributed by atoms with Crippen LogP contribution >= 0.6 is 0 Å². The van der Waals surface area contributed by atoms with Gasteiger partial charge in [-0.15, -0.1) is 0 Å². The molecule has 15 heavy (non-hydrogen) atoms. The fraction of sp³-hybridized carbons (Fsp3) is 0.600. The van der Waals surface area contributed by atoms with Gasteiger partial charge in [0.05, 0.1) is 24.5 Å². The zero-order chi connectivity index (χ0) is 11.7. The van der Waals surface area contributed by atoms with Crippen molar-refractivity contribution in [1.29, 1.82) is 0 Å². The number of rotatable bonds is 4. The van der Waals surface area contributed by atoms with Crippen LogP contribution in [0.2, 0.25) is 0 Å². The van der Waals surface area contributed by atoms with Crippen LogP contribution in [0.1, 0.15) is 32.2 Å². The molecule has 0 aliphatic rings. The average molecular weight is 213 g/mol. The number of amides is 1. The molecule has 86 valence electrons. The lowest BCUT2D eigenvalue weighted by atomic mass is 10.3. The molecule has 0 fully saturated rings. The van der Waals surface area contributed by atoms with Crippen LogP contribution in [0.15, 0.2) is 6.07 Å². The number of nitrogens with zero attached hydrogens (tertiary/aromatic N) is 1. The van der Waals surface area contributed by atoms with Crippen molar-refractivity contribution in [3.8, 4) is 0 Å². The van der Waals surface area contributed by atoms with Crippen molar-refractivity contribution in [3.05, 3.63) is 17.5 Å². The SMILES string of the molecule is CC.COCc1cc(CNC(C)=O)[nH]n1. The maximum Gasteiger partial charge on any atom is 0.217 e. The average Bonchev–Trinajstić information content (AvgIpc) is 2.67. The molecule has 2 N–H and O–H groups in total. The Morgan fingerprint density at radius 2 is 2.27 bits per heavy atom. The summed E-state index contributed by atoms with van der Waals surface area (Å²) in [7, 11) is 1.61. The number of carbonyl (C=O) groups is 1. The van der Waals surface area contributed by atoms with Gasteiger partial charge in [0.15, 0.2) is 0 Å². The zero-order valence-electron chi connectivity index (χ0n) is 9.76. The zero-order valence-corrected chi connectivity index (χ0v) is 9.76.